The van der Waals surface area contributed by atoms with Gasteiger partial charge in [0.05, 0.1) is 5.56 Å². The lowest BCUT2D eigenvalue weighted by Crippen LogP contribution is -2.09. The van der Waals surface area contributed by atoms with E-state index in [9.17, 15) is 22.0 Å². The van der Waals surface area contributed by atoms with Crippen molar-refractivity contribution in [2.45, 2.75) is 16.8 Å². The van der Waals surface area contributed by atoms with Crippen molar-refractivity contribution < 1.29 is 22.0 Å². The van der Waals surface area contributed by atoms with Crippen LogP contribution < -0.4 is 5.73 Å². The zero-order valence-corrected chi connectivity index (χ0v) is 11.4. The number of anilines is 1. The highest BCUT2D eigenvalue weighted by Gasteiger charge is 2.33. The van der Waals surface area contributed by atoms with Gasteiger partial charge in [-0.3, -0.25) is 0 Å². The molecule has 2 N–H and O–H groups in total. The van der Waals surface area contributed by atoms with Gasteiger partial charge >= 0.3 is 6.18 Å². The minimum Gasteiger partial charge on any atom is -0.399 e. The van der Waals surface area contributed by atoms with Gasteiger partial charge in [0.1, 0.15) is 11.6 Å². The molecule has 0 aliphatic carbocycles. The maximum atomic E-state index is 13.4. The molecule has 2 aromatic carbocycles. The summed E-state index contributed by atoms with van der Waals surface area (Å²) >= 11 is 0.795. The van der Waals surface area contributed by atoms with E-state index in [1.165, 1.54) is 12.1 Å². The van der Waals surface area contributed by atoms with E-state index in [4.69, 9.17) is 5.73 Å². The van der Waals surface area contributed by atoms with Gasteiger partial charge in [-0.2, -0.15) is 13.2 Å². The Morgan fingerprint density at radius 2 is 1.71 bits per heavy atom. The Bertz CT molecular complexity index is 654. The summed E-state index contributed by atoms with van der Waals surface area (Å²) in [5.41, 5.74) is 4.45. The summed E-state index contributed by atoms with van der Waals surface area (Å²) in [6, 6.07) is 6.24. The lowest BCUT2D eigenvalue weighted by atomic mass is 10.1. The number of nitrogen functional groups attached to an aromatic ring is 1. The van der Waals surface area contributed by atoms with Gasteiger partial charge in [0.15, 0.2) is 0 Å². The Kier molecular flexibility index (Phi) is 4.41. The van der Waals surface area contributed by atoms with Gasteiger partial charge in [0.25, 0.3) is 0 Å². The number of benzene rings is 2. The van der Waals surface area contributed by atoms with Crippen molar-refractivity contribution in [3.05, 3.63) is 59.2 Å². The molecule has 0 heterocycles. The molecule has 0 bridgehead atoms. The first-order valence-electron chi connectivity index (χ1n) is 5.81. The Morgan fingerprint density at radius 3 is 2.38 bits per heavy atom. The number of halogens is 5. The van der Waals surface area contributed by atoms with Crippen molar-refractivity contribution in [1.29, 1.82) is 0 Å². The molecule has 2 aromatic rings. The first-order valence-corrected chi connectivity index (χ1v) is 6.79. The molecular formula is C14H10F5NS. The second-order valence-corrected chi connectivity index (χ2v) is 5.29. The molecule has 0 saturated heterocycles. The number of thioether (sulfide) groups is 1. The Morgan fingerprint density at radius 1 is 1.00 bits per heavy atom. The van der Waals surface area contributed by atoms with Crippen LogP contribution in [0.4, 0.5) is 27.6 Å². The minimum atomic E-state index is -4.55. The van der Waals surface area contributed by atoms with E-state index in [0.29, 0.717) is 0 Å². The topological polar surface area (TPSA) is 26.0 Å². The summed E-state index contributed by atoms with van der Waals surface area (Å²) in [7, 11) is 0. The van der Waals surface area contributed by atoms with E-state index in [0.717, 1.165) is 36.0 Å². The van der Waals surface area contributed by atoms with Gasteiger partial charge < -0.3 is 5.73 Å². The zero-order valence-electron chi connectivity index (χ0n) is 10.5. The summed E-state index contributed by atoms with van der Waals surface area (Å²) in [6.07, 6.45) is -4.55. The number of hydrogen-bond acceptors (Lipinski definition) is 2. The maximum Gasteiger partial charge on any atom is 0.416 e. The lowest BCUT2D eigenvalue weighted by Gasteiger charge is -2.13. The second-order valence-electron chi connectivity index (χ2n) is 4.28. The number of hydrogen-bond donors (Lipinski definition) is 1. The monoisotopic (exact) mass is 319 g/mol. The van der Waals surface area contributed by atoms with Gasteiger partial charge in [-0.25, -0.2) is 8.78 Å². The Balaban J connectivity index is 2.26. The quantitative estimate of drug-likeness (QED) is 0.497. The summed E-state index contributed by atoms with van der Waals surface area (Å²) < 4.78 is 65.2. The van der Waals surface area contributed by atoms with Gasteiger partial charge in [0.2, 0.25) is 0 Å². The van der Waals surface area contributed by atoms with E-state index in [-0.39, 0.29) is 21.9 Å². The van der Waals surface area contributed by atoms with E-state index >= 15 is 0 Å². The van der Waals surface area contributed by atoms with Crippen LogP contribution in [0.5, 0.6) is 0 Å². The van der Waals surface area contributed by atoms with Crippen LogP contribution in [-0.4, -0.2) is 0 Å². The first kappa shape index (κ1) is 15.6. The second kappa shape index (κ2) is 5.93. The average Bonchev–Trinajstić information content (AvgIpc) is 2.40. The van der Waals surface area contributed by atoms with E-state index in [1.807, 2.05) is 0 Å². The minimum absolute atomic E-state index is 0.00647. The van der Waals surface area contributed by atoms with Crippen LogP contribution in [0.2, 0.25) is 0 Å². The summed E-state index contributed by atoms with van der Waals surface area (Å²) in [4.78, 5) is -0.0417. The smallest absolute Gasteiger partial charge is 0.399 e. The highest BCUT2D eigenvalue weighted by atomic mass is 32.2. The highest BCUT2D eigenvalue weighted by Crippen LogP contribution is 2.36. The molecule has 0 unspecified atom stereocenters. The summed E-state index contributed by atoms with van der Waals surface area (Å²) in [6.45, 7) is 0. The van der Waals surface area contributed by atoms with Crippen LogP contribution >= 0.6 is 11.8 Å². The molecule has 0 atom stereocenters. The fourth-order valence-corrected chi connectivity index (χ4v) is 2.69. The zero-order chi connectivity index (χ0) is 15.6. The van der Waals surface area contributed by atoms with Crippen molar-refractivity contribution >= 4 is 17.4 Å². The van der Waals surface area contributed by atoms with Crippen molar-refractivity contribution in [2.75, 3.05) is 5.73 Å². The predicted octanol–water partition coefficient (Wildman–Crippen LogP) is 4.86. The largest absolute Gasteiger partial charge is 0.416 e. The molecule has 0 spiro atoms. The molecule has 7 heteroatoms. The third-order valence-corrected chi connectivity index (χ3v) is 3.79. The SMILES string of the molecule is Nc1ccc(CSc2cc(F)ccc2F)c(C(F)(F)F)c1. The molecule has 0 radical (unpaired) electrons. The molecule has 1 nitrogen and oxygen atoms in total. The molecule has 0 amide bonds. The fraction of sp³-hybridized carbons (Fsp3) is 0.143. The van der Waals surface area contributed by atoms with Crippen LogP contribution in [0.25, 0.3) is 0 Å². The molecule has 0 aliphatic rings. The van der Waals surface area contributed by atoms with Crippen molar-refractivity contribution in [3.63, 3.8) is 0 Å². The third-order valence-electron chi connectivity index (χ3n) is 2.72. The highest BCUT2D eigenvalue weighted by molar-refractivity contribution is 7.98. The molecule has 0 aromatic heterocycles. The molecule has 2 rings (SSSR count). The standard InChI is InChI=1S/C14H10F5NS/c15-9-2-4-12(16)13(5-9)21-7-8-1-3-10(20)6-11(8)14(17,18)19/h1-6H,7,20H2. The normalized spacial score (nSPS) is 11.7. The fourth-order valence-electron chi connectivity index (χ4n) is 1.73. The number of rotatable bonds is 3. The predicted molar refractivity (Wildman–Crippen MR) is 71.8 cm³/mol. The van der Waals surface area contributed by atoms with Crippen LogP contribution in [0.1, 0.15) is 11.1 Å². The Hall–Kier alpha value is -1.76. The third kappa shape index (κ3) is 3.87. The van der Waals surface area contributed by atoms with Crippen molar-refractivity contribution in [3.8, 4) is 0 Å². The molecule has 0 saturated carbocycles. The van der Waals surface area contributed by atoms with Crippen LogP contribution in [0.15, 0.2) is 41.3 Å². The van der Waals surface area contributed by atoms with E-state index < -0.39 is 23.4 Å². The first-order chi connectivity index (χ1) is 9.77. The molecule has 0 aliphatic heterocycles. The van der Waals surface area contributed by atoms with Crippen LogP contribution in [0, 0.1) is 11.6 Å². The molecule has 21 heavy (non-hydrogen) atoms. The van der Waals surface area contributed by atoms with E-state index in [2.05, 4.69) is 0 Å². The molecular weight excluding hydrogens is 309 g/mol. The van der Waals surface area contributed by atoms with E-state index in [1.54, 1.807) is 0 Å². The summed E-state index contributed by atoms with van der Waals surface area (Å²) in [5.74, 6) is -1.46. The van der Waals surface area contributed by atoms with Gasteiger partial charge in [-0.05, 0) is 35.9 Å². The van der Waals surface area contributed by atoms with Crippen molar-refractivity contribution in [2.24, 2.45) is 0 Å². The number of alkyl halides is 3. The van der Waals surface area contributed by atoms with Gasteiger partial charge in [-0.1, -0.05) is 6.07 Å². The lowest BCUT2D eigenvalue weighted by molar-refractivity contribution is -0.138. The molecule has 112 valence electrons. The van der Waals surface area contributed by atoms with Gasteiger partial charge in [-0.15, -0.1) is 11.8 Å². The van der Waals surface area contributed by atoms with Crippen LogP contribution in [-0.2, 0) is 11.9 Å². The van der Waals surface area contributed by atoms with Crippen molar-refractivity contribution in [1.82, 2.24) is 0 Å². The van der Waals surface area contributed by atoms with Crippen LogP contribution in [0.3, 0.4) is 0 Å². The maximum absolute atomic E-state index is 13.4. The molecule has 0 fully saturated rings. The number of nitrogens with two attached hydrogens (primary N) is 1. The Labute approximate surface area is 122 Å². The van der Waals surface area contributed by atoms with Gasteiger partial charge in [0, 0.05) is 16.3 Å². The average molecular weight is 319 g/mol. The summed E-state index contributed by atoms with van der Waals surface area (Å²) in [5, 5.41) is 0.